The second kappa shape index (κ2) is 9.14. The molecule has 1 aromatic heterocycles. The van der Waals surface area contributed by atoms with Crippen LogP contribution in [0.4, 0.5) is 0 Å². The molecule has 0 spiro atoms. The molecule has 0 saturated carbocycles. The Hall–Kier alpha value is -2.79. The van der Waals surface area contributed by atoms with Crippen molar-refractivity contribution in [3.63, 3.8) is 0 Å². The molecular weight excluding hydrogens is 366 g/mol. The quantitative estimate of drug-likeness (QED) is 0.438. The molecular formula is C24H27NO4. The summed E-state index contributed by atoms with van der Waals surface area (Å²) in [5.74, 6) is 1.94. The van der Waals surface area contributed by atoms with Gasteiger partial charge in [-0.1, -0.05) is 30.3 Å². The first kappa shape index (κ1) is 19.5. The molecule has 2 aromatic carbocycles. The van der Waals surface area contributed by atoms with Gasteiger partial charge in [-0.05, 0) is 56.0 Å². The third-order valence-corrected chi connectivity index (χ3v) is 5.64. The van der Waals surface area contributed by atoms with Crippen LogP contribution < -0.4 is 15.1 Å². The van der Waals surface area contributed by atoms with Crippen molar-refractivity contribution in [2.45, 2.75) is 25.2 Å². The number of piperidine rings is 1. The van der Waals surface area contributed by atoms with Crippen LogP contribution in [0.5, 0.6) is 11.5 Å². The van der Waals surface area contributed by atoms with Crippen LogP contribution in [-0.4, -0.2) is 38.3 Å². The standard InChI is InChI=1S/C24H27NO4/c1-27-22-17-21-20(8-9-24(26)29-21)16-23(22)28-15-5-12-25-13-10-19(11-14-25)18-6-3-2-4-7-18/h2-4,6-9,16-17,19H,5,10-15H2,1H3. The zero-order valence-corrected chi connectivity index (χ0v) is 16.8. The number of likely N-dealkylation sites (tertiary alicyclic amines) is 1. The third-order valence-electron chi connectivity index (χ3n) is 5.64. The number of nitrogens with zero attached hydrogens (tertiary/aromatic N) is 1. The topological polar surface area (TPSA) is 51.9 Å². The van der Waals surface area contributed by atoms with Gasteiger partial charge in [0.2, 0.25) is 0 Å². The van der Waals surface area contributed by atoms with Crippen LogP contribution in [0.1, 0.15) is 30.7 Å². The Morgan fingerprint density at radius 3 is 2.59 bits per heavy atom. The molecule has 3 aromatic rings. The lowest BCUT2D eigenvalue weighted by Gasteiger charge is -2.32. The predicted molar refractivity (Wildman–Crippen MR) is 114 cm³/mol. The van der Waals surface area contributed by atoms with Gasteiger partial charge in [0.25, 0.3) is 0 Å². The second-order valence-electron chi connectivity index (χ2n) is 7.52. The summed E-state index contributed by atoms with van der Waals surface area (Å²) in [4.78, 5) is 13.9. The third kappa shape index (κ3) is 4.80. The highest BCUT2D eigenvalue weighted by molar-refractivity contribution is 5.80. The zero-order chi connectivity index (χ0) is 20.1. The van der Waals surface area contributed by atoms with Gasteiger partial charge in [-0.2, -0.15) is 0 Å². The van der Waals surface area contributed by atoms with E-state index in [2.05, 4.69) is 35.2 Å². The van der Waals surface area contributed by atoms with Crippen molar-refractivity contribution in [2.75, 3.05) is 33.4 Å². The van der Waals surface area contributed by atoms with Crippen molar-refractivity contribution in [3.8, 4) is 11.5 Å². The first-order chi connectivity index (χ1) is 14.2. The molecule has 1 aliphatic rings. The molecule has 1 saturated heterocycles. The molecule has 5 heteroatoms. The second-order valence-corrected chi connectivity index (χ2v) is 7.52. The van der Waals surface area contributed by atoms with Gasteiger partial charge < -0.3 is 18.8 Å². The van der Waals surface area contributed by atoms with Crippen LogP contribution in [0, 0.1) is 0 Å². The van der Waals surface area contributed by atoms with Crippen molar-refractivity contribution < 1.29 is 13.9 Å². The van der Waals surface area contributed by atoms with E-state index in [1.807, 2.05) is 6.07 Å². The highest BCUT2D eigenvalue weighted by Gasteiger charge is 2.20. The molecule has 0 radical (unpaired) electrons. The highest BCUT2D eigenvalue weighted by atomic mass is 16.5. The molecule has 1 fully saturated rings. The number of hydrogen-bond donors (Lipinski definition) is 0. The van der Waals surface area contributed by atoms with Crippen LogP contribution in [0.2, 0.25) is 0 Å². The first-order valence-corrected chi connectivity index (χ1v) is 10.2. The number of benzene rings is 2. The fourth-order valence-electron chi connectivity index (χ4n) is 4.03. The van der Waals surface area contributed by atoms with Gasteiger partial charge >= 0.3 is 5.63 Å². The van der Waals surface area contributed by atoms with Crippen molar-refractivity contribution in [1.82, 2.24) is 4.90 Å². The number of ether oxygens (including phenoxy) is 2. The van der Waals surface area contributed by atoms with E-state index in [0.29, 0.717) is 29.6 Å². The number of fused-ring (bicyclic) bond motifs is 1. The SMILES string of the molecule is COc1cc2oc(=O)ccc2cc1OCCCN1CCC(c2ccccc2)CC1. The van der Waals surface area contributed by atoms with Crippen molar-refractivity contribution >= 4 is 11.0 Å². The Bertz CT molecular complexity index is 991. The van der Waals surface area contributed by atoms with Crippen LogP contribution in [-0.2, 0) is 0 Å². The summed E-state index contributed by atoms with van der Waals surface area (Å²) < 4.78 is 16.6. The summed E-state index contributed by atoms with van der Waals surface area (Å²) in [5, 5.41) is 0.823. The fraction of sp³-hybridized carbons (Fsp3) is 0.375. The lowest BCUT2D eigenvalue weighted by Crippen LogP contribution is -2.34. The predicted octanol–water partition coefficient (Wildman–Crippen LogP) is 4.45. The Balaban J connectivity index is 1.27. The average Bonchev–Trinajstić information content (AvgIpc) is 2.77. The van der Waals surface area contributed by atoms with E-state index in [-0.39, 0.29) is 5.63 Å². The van der Waals surface area contributed by atoms with Crippen molar-refractivity contribution in [1.29, 1.82) is 0 Å². The Morgan fingerprint density at radius 1 is 1.03 bits per heavy atom. The van der Waals surface area contributed by atoms with Crippen molar-refractivity contribution in [3.05, 3.63) is 70.6 Å². The molecule has 0 amide bonds. The molecule has 0 bridgehead atoms. The van der Waals surface area contributed by atoms with E-state index in [1.165, 1.54) is 24.5 Å². The van der Waals surface area contributed by atoms with Crippen LogP contribution in [0.3, 0.4) is 0 Å². The average molecular weight is 393 g/mol. The van der Waals surface area contributed by atoms with E-state index >= 15 is 0 Å². The Morgan fingerprint density at radius 2 is 1.83 bits per heavy atom. The minimum absolute atomic E-state index is 0.371. The summed E-state index contributed by atoms with van der Waals surface area (Å²) in [7, 11) is 1.59. The van der Waals surface area contributed by atoms with E-state index in [0.717, 1.165) is 31.4 Å². The van der Waals surface area contributed by atoms with E-state index in [1.54, 1.807) is 19.2 Å². The maximum absolute atomic E-state index is 11.4. The molecule has 0 N–H and O–H groups in total. The fourth-order valence-corrected chi connectivity index (χ4v) is 4.03. The smallest absolute Gasteiger partial charge is 0.336 e. The molecule has 0 aliphatic carbocycles. The Labute approximate surface area is 170 Å². The number of rotatable bonds is 7. The molecule has 29 heavy (non-hydrogen) atoms. The number of methoxy groups -OCH3 is 1. The minimum Gasteiger partial charge on any atom is -0.493 e. The van der Waals surface area contributed by atoms with Crippen LogP contribution >= 0.6 is 0 Å². The largest absolute Gasteiger partial charge is 0.493 e. The summed E-state index contributed by atoms with van der Waals surface area (Å²) >= 11 is 0. The minimum atomic E-state index is -0.371. The summed E-state index contributed by atoms with van der Waals surface area (Å²) in [5.41, 5.74) is 1.60. The molecule has 0 unspecified atom stereocenters. The summed E-state index contributed by atoms with van der Waals surface area (Å²) in [6, 6.07) is 17.6. The normalized spacial score (nSPS) is 15.5. The lowest BCUT2D eigenvalue weighted by atomic mass is 9.89. The molecule has 0 atom stereocenters. The molecule has 152 valence electrons. The van der Waals surface area contributed by atoms with Crippen LogP contribution in [0.25, 0.3) is 11.0 Å². The van der Waals surface area contributed by atoms with E-state index in [4.69, 9.17) is 13.9 Å². The first-order valence-electron chi connectivity index (χ1n) is 10.2. The zero-order valence-electron chi connectivity index (χ0n) is 16.8. The summed E-state index contributed by atoms with van der Waals surface area (Å²) in [6.07, 6.45) is 3.39. The maximum atomic E-state index is 11.4. The summed E-state index contributed by atoms with van der Waals surface area (Å²) in [6.45, 7) is 3.93. The van der Waals surface area contributed by atoms with E-state index in [9.17, 15) is 4.79 Å². The lowest BCUT2D eigenvalue weighted by molar-refractivity contribution is 0.191. The van der Waals surface area contributed by atoms with Crippen molar-refractivity contribution in [2.24, 2.45) is 0 Å². The Kier molecular flexibility index (Phi) is 6.15. The molecule has 5 nitrogen and oxygen atoms in total. The van der Waals surface area contributed by atoms with Gasteiger partial charge in [-0.15, -0.1) is 0 Å². The monoisotopic (exact) mass is 393 g/mol. The van der Waals surface area contributed by atoms with Gasteiger partial charge in [0, 0.05) is 24.1 Å². The van der Waals surface area contributed by atoms with Gasteiger partial charge in [-0.3, -0.25) is 0 Å². The van der Waals surface area contributed by atoms with Gasteiger partial charge in [-0.25, -0.2) is 4.79 Å². The van der Waals surface area contributed by atoms with E-state index < -0.39 is 0 Å². The number of hydrogen-bond acceptors (Lipinski definition) is 5. The highest BCUT2D eigenvalue weighted by Crippen LogP contribution is 2.32. The molecule has 2 heterocycles. The van der Waals surface area contributed by atoms with Gasteiger partial charge in [0.05, 0.1) is 13.7 Å². The molecule has 1 aliphatic heterocycles. The van der Waals surface area contributed by atoms with Gasteiger partial charge in [0.1, 0.15) is 5.58 Å². The maximum Gasteiger partial charge on any atom is 0.336 e. The molecule has 4 rings (SSSR count). The van der Waals surface area contributed by atoms with Gasteiger partial charge in [0.15, 0.2) is 11.5 Å². The van der Waals surface area contributed by atoms with Crippen LogP contribution in [0.15, 0.2) is 63.8 Å².